The standard InChI is InChI=1S/C18H26N2O2/c1-4-20(15-11-7-5-8-12-15)17(22)18(2,3)16(21)19-13-9-6-10-14-19/h5,7-8,11-12H,4,6,9-10,13-14H2,1-3H3. The largest absolute Gasteiger partial charge is 0.342 e. The molecule has 0 N–H and O–H groups in total. The zero-order chi connectivity index (χ0) is 16.2. The second kappa shape index (κ2) is 6.95. The van der Waals surface area contributed by atoms with Gasteiger partial charge in [0.2, 0.25) is 11.8 Å². The van der Waals surface area contributed by atoms with Crippen LogP contribution in [0.3, 0.4) is 0 Å². The average Bonchev–Trinajstić information content (AvgIpc) is 2.56. The van der Waals surface area contributed by atoms with Gasteiger partial charge < -0.3 is 9.80 Å². The smallest absolute Gasteiger partial charge is 0.242 e. The van der Waals surface area contributed by atoms with E-state index in [0.29, 0.717) is 6.54 Å². The molecule has 1 aliphatic heterocycles. The summed E-state index contributed by atoms with van der Waals surface area (Å²) in [5.41, 5.74) is -0.182. The van der Waals surface area contributed by atoms with Gasteiger partial charge in [0.05, 0.1) is 0 Å². The van der Waals surface area contributed by atoms with E-state index in [9.17, 15) is 9.59 Å². The van der Waals surface area contributed by atoms with Crippen LogP contribution in [0.2, 0.25) is 0 Å². The highest BCUT2D eigenvalue weighted by atomic mass is 16.2. The molecule has 4 nitrogen and oxygen atoms in total. The van der Waals surface area contributed by atoms with E-state index in [2.05, 4.69) is 0 Å². The van der Waals surface area contributed by atoms with E-state index in [0.717, 1.165) is 31.6 Å². The van der Waals surface area contributed by atoms with E-state index < -0.39 is 5.41 Å². The summed E-state index contributed by atoms with van der Waals surface area (Å²) in [4.78, 5) is 29.3. The molecule has 0 aliphatic carbocycles. The summed E-state index contributed by atoms with van der Waals surface area (Å²) in [5, 5.41) is 0. The van der Waals surface area contributed by atoms with E-state index in [1.165, 1.54) is 6.42 Å². The van der Waals surface area contributed by atoms with E-state index in [4.69, 9.17) is 0 Å². The van der Waals surface area contributed by atoms with Crippen molar-refractivity contribution in [3.63, 3.8) is 0 Å². The minimum atomic E-state index is -1.02. The van der Waals surface area contributed by atoms with E-state index >= 15 is 0 Å². The normalized spacial score (nSPS) is 15.5. The molecule has 1 aromatic rings. The molecule has 0 spiro atoms. The molecule has 0 atom stereocenters. The Balaban J connectivity index is 2.19. The Morgan fingerprint density at radius 3 is 2.23 bits per heavy atom. The first-order chi connectivity index (χ1) is 10.5. The van der Waals surface area contributed by atoms with Crippen molar-refractivity contribution in [1.82, 2.24) is 4.90 Å². The van der Waals surface area contributed by atoms with Crippen LogP contribution in [0.15, 0.2) is 30.3 Å². The third-order valence-corrected chi connectivity index (χ3v) is 4.34. The molecule has 0 aromatic heterocycles. The number of rotatable bonds is 4. The monoisotopic (exact) mass is 302 g/mol. The van der Waals surface area contributed by atoms with Gasteiger partial charge in [0.25, 0.3) is 0 Å². The minimum absolute atomic E-state index is 0.0495. The van der Waals surface area contributed by atoms with Gasteiger partial charge in [-0.15, -0.1) is 0 Å². The van der Waals surface area contributed by atoms with Crippen LogP contribution in [0.4, 0.5) is 5.69 Å². The lowest BCUT2D eigenvalue weighted by Gasteiger charge is -2.36. The summed E-state index contributed by atoms with van der Waals surface area (Å²) in [6.45, 7) is 7.53. The number of carbonyl (C=O) groups is 2. The quantitative estimate of drug-likeness (QED) is 0.802. The van der Waals surface area contributed by atoms with Crippen LogP contribution >= 0.6 is 0 Å². The second-order valence-electron chi connectivity index (χ2n) is 6.36. The van der Waals surface area contributed by atoms with Crippen LogP contribution in [-0.4, -0.2) is 36.3 Å². The van der Waals surface area contributed by atoms with Gasteiger partial charge in [0.1, 0.15) is 5.41 Å². The maximum absolute atomic E-state index is 13.0. The molecule has 2 amide bonds. The van der Waals surface area contributed by atoms with Crippen molar-refractivity contribution in [3.8, 4) is 0 Å². The number of para-hydroxylation sites is 1. The predicted octanol–water partition coefficient (Wildman–Crippen LogP) is 3.08. The molecule has 4 heteroatoms. The highest BCUT2D eigenvalue weighted by Gasteiger charge is 2.42. The number of amides is 2. The average molecular weight is 302 g/mol. The van der Waals surface area contributed by atoms with Gasteiger partial charge >= 0.3 is 0 Å². The number of anilines is 1. The molecule has 0 bridgehead atoms. The summed E-state index contributed by atoms with van der Waals surface area (Å²) in [5.74, 6) is -0.177. The number of likely N-dealkylation sites (tertiary alicyclic amines) is 1. The van der Waals surface area contributed by atoms with Crippen molar-refractivity contribution in [2.75, 3.05) is 24.5 Å². The van der Waals surface area contributed by atoms with Gasteiger partial charge in [-0.3, -0.25) is 9.59 Å². The fourth-order valence-corrected chi connectivity index (χ4v) is 2.97. The Bertz CT molecular complexity index is 519. The second-order valence-corrected chi connectivity index (χ2v) is 6.36. The first kappa shape index (κ1) is 16.5. The summed E-state index contributed by atoms with van der Waals surface area (Å²) >= 11 is 0. The molecule has 1 aliphatic rings. The number of benzene rings is 1. The van der Waals surface area contributed by atoms with Crippen LogP contribution in [0.25, 0.3) is 0 Å². The summed E-state index contributed by atoms with van der Waals surface area (Å²) in [6.07, 6.45) is 3.24. The number of nitrogens with zero attached hydrogens (tertiary/aromatic N) is 2. The summed E-state index contributed by atoms with van der Waals surface area (Å²) in [6, 6.07) is 9.55. The molecular weight excluding hydrogens is 276 g/mol. The number of hydrogen-bond donors (Lipinski definition) is 0. The zero-order valence-corrected chi connectivity index (χ0v) is 13.8. The molecule has 22 heavy (non-hydrogen) atoms. The maximum atomic E-state index is 13.0. The Morgan fingerprint density at radius 2 is 1.68 bits per heavy atom. The van der Waals surface area contributed by atoms with Gasteiger partial charge in [-0.1, -0.05) is 18.2 Å². The van der Waals surface area contributed by atoms with Crippen LogP contribution < -0.4 is 4.90 Å². The Labute approximate surface area is 133 Å². The minimum Gasteiger partial charge on any atom is -0.342 e. The SMILES string of the molecule is CCN(C(=O)C(C)(C)C(=O)N1CCCCC1)c1ccccc1. The van der Waals surface area contributed by atoms with Crippen molar-refractivity contribution in [2.45, 2.75) is 40.0 Å². The zero-order valence-electron chi connectivity index (χ0n) is 13.8. The Hall–Kier alpha value is -1.84. The van der Waals surface area contributed by atoms with Gasteiger partial charge in [-0.05, 0) is 52.2 Å². The molecule has 0 saturated carbocycles. The summed E-state index contributed by atoms with van der Waals surface area (Å²) in [7, 11) is 0. The molecule has 0 radical (unpaired) electrons. The lowest BCUT2D eigenvalue weighted by molar-refractivity contribution is -0.148. The van der Waals surface area contributed by atoms with Crippen molar-refractivity contribution in [3.05, 3.63) is 30.3 Å². The highest BCUT2D eigenvalue weighted by molar-refractivity contribution is 6.11. The maximum Gasteiger partial charge on any atom is 0.242 e. The third-order valence-electron chi connectivity index (χ3n) is 4.34. The van der Waals surface area contributed by atoms with Gasteiger partial charge in [-0.2, -0.15) is 0 Å². The topological polar surface area (TPSA) is 40.6 Å². The molecule has 1 fully saturated rings. The predicted molar refractivity (Wildman–Crippen MR) is 88.7 cm³/mol. The van der Waals surface area contributed by atoms with Crippen molar-refractivity contribution in [1.29, 1.82) is 0 Å². The van der Waals surface area contributed by atoms with Crippen molar-refractivity contribution in [2.24, 2.45) is 5.41 Å². The van der Waals surface area contributed by atoms with Gasteiger partial charge in [0, 0.05) is 25.3 Å². The van der Waals surface area contributed by atoms with Crippen LogP contribution in [-0.2, 0) is 9.59 Å². The fraction of sp³-hybridized carbons (Fsp3) is 0.556. The molecule has 0 unspecified atom stereocenters. The lowest BCUT2D eigenvalue weighted by atomic mass is 9.88. The molecule has 1 heterocycles. The highest BCUT2D eigenvalue weighted by Crippen LogP contribution is 2.27. The summed E-state index contributed by atoms with van der Waals surface area (Å²) < 4.78 is 0. The first-order valence-corrected chi connectivity index (χ1v) is 8.15. The molecule has 2 rings (SSSR count). The van der Waals surface area contributed by atoms with Gasteiger partial charge in [-0.25, -0.2) is 0 Å². The Kier molecular flexibility index (Phi) is 5.22. The molecule has 1 aromatic carbocycles. The number of piperidine rings is 1. The van der Waals surface area contributed by atoms with E-state index in [1.807, 2.05) is 42.2 Å². The fourth-order valence-electron chi connectivity index (χ4n) is 2.97. The van der Waals surface area contributed by atoms with Crippen molar-refractivity contribution < 1.29 is 9.59 Å². The first-order valence-electron chi connectivity index (χ1n) is 8.15. The molecular formula is C18H26N2O2. The third kappa shape index (κ3) is 3.32. The van der Waals surface area contributed by atoms with E-state index in [-0.39, 0.29) is 11.8 Å². The van der Waals surface area contributed by atoms with Crippen LogP contribution in [0, 0.1) is 5.41 Å². The van der Waals surface area contributed by atoms with Crippen LogP contribution in [0.1, 0.15) is 40.0 Å². The molecule has 120 valence electrons. The number of hydrogen-bond acceptors (Lipinski definition) is 2. The van der Waals surface area contributed by atoms with Crippen LogP contribution in [0.5, 0.6) is 0 Å². The Morgan fingerprint density at radius 1 is 1.09 bits per heavy atom. The van der Waals surface area contributed by atoms with Gasteiger partial charge in [0.15, 0.2) is 0 Å². The van der Waals surface area contributed by atoms with Crippen molar-refractivity contribution >= 4 is 17.5 Å². The van der Waals surface area contributed by atoms with E-state index in [1.54, 1.807) is 18.7 Å². The number of carbonyl (C=O) groups excluding carboxylic acids is 2. The molecule has 1 saturated heterocycles. The lowest BCUT2D eigenvalue weighted by Crippen LogP contribution is -2.52.